The molecule has 3 aromatic carbocycles. The fourth-order valence-corrected chi connectivity index (χ4v) is 5.60. The average molecular weight is 556 g/mol. The standard InChI is InChI=1S/C22H19Cl2N3O6S2/c1-34(29,30)27-13-21(33-20-11-4-15(24)12-19(20)27)22(28)25-16-7-9-18(10-8-16)35(31,32)26-17-5-2-14(23)3-6-17/h2-12,21,26H,13H2,1H3,(H,25,28)/t21-/m0/s1. The Bertz CT molecular complexity index is 1480. The summed E-state index contributed by atoms with van der Waals surface area (Å²) < 4.78 is 59.0. The van der Waals surface area contributed by atoms with Crippen LogP contribution in [0, 0.1) is 0 Å². The van der Waals surface area contributed by atoms with E-state index in [0.29, 0.717) is 21.4 Å². The van der Waals surface area contributed by atoms with Gasteiger partial charge in [-0.25, -0.2) is 16.8 Å². The molecule has 0 radical (unpaired) electrons. The molecule has 3 aromatic rings. The van der Waals surface area contributed by atoms with E-state index in [4.69, 9.17) is 27.9 Å². The van der Waals surface area contributed by atoms with Crippen molar-refractivity contribution in [2.45, 2.75) is 11.0 Å². The van der Waals surface area contributed by atoms with E-state index in [1.807, 2.05) is 0 Å². The highest BCUT2D eigenvalue weighted by atomic mass is 35.5. The SMILES string of the molecule is CS(=O)(=O)N1C[C@@H](C(=O)Nc2ccc(S(=O)(=O)Nc3ccc(Cl)cc3)cc2)Oc2ccc(Cl)cc21. The summed E-state index contributed by atoms with van der Waals surface area (Å²) in [5, 5.41) is 3.42. The fraction of sp³-hybridized carbons (Fsp3) is 0.136. The van der Waals surface area contributed by atoms with E-state index in [2.05, 4.69) is 10.0 Å². The van der Waals surface area contributed by atoms with Crippen LogP contribution in [0.4, 0.5) is 17.1 Å². The van der Waals surface area contributed by atoms with Gasteiger partial charge >= 0.3 is 0 Å². The molecule has 0 bridgehead atoms. The molecule has 184 valence electrons. The second kappa shape index (κ2) is 9.57. The van der Waals surface area contributed by atoms with Crippen molar-refractivity contribution in [3.63, 3.8) is 0 Å². The summed E-state index contributed by atoms with van der Waals surface area (Å²) in [7, 11) is -7.58. The maximum absolute atomic E-state index is 12.8. The van der Waals surface area contributed by atoms with Gasteiger partial charge in [0, 0.05) is 21.4 Å². The molecule has 0 saturated carbocycles. The van der Waals surface area contributed by atoms with Crippen LogP contribution in [0.5, 0.6) is 5.75 Å². The second-order valence-corrected chi connectivity index (χ2v) is 12.1. The van der Waals surface area contributed by atoms with Gasteiger partial charge in [0.05, 0.1) is 23.4 Å². The molecule has 9 nitrogen and oxygen atoms in total. The molecular weight excluding hydrogens is 537 g/mol. The van der Waals surface area contributed by atoms with E-state index >= 15 is 0 Å². The van der Waals surface area contributed by atoms with Crippen LogP contribution >= 0.6 is 23.2 Å². The van der Waals surface area contributed by atoms with Gasteiger partial charge in [0.2, 0.25) is 10.0 Å². The molecule has 0 aromatic heterocycles. The van der Waals surface area contributed by atoms with Crippen molar-refractivity contribution >= 4 is 66.2 Å². The van der Waals surface area contributed by atoms with Crippen molar-refractivity contribution in [3.05, 3.63) is 76.8 Å². The van der Waals surface area contributed by atoms with Crippen LogP contribution in [0.1, 0.15) is 0 Å². The molecule has 0 fully saturated rings. The number of fused-ring (bicyclic) bond motifs is 1. The molecule has 4 rings (SSSR count). The summed E-state index contributed by atoms with van der Waals surface area (Å²) in [5.41, 5.74) is 0.891. The average Bonchev–Trinajstić information content (AvgIpc) is 2.79. The Morgan fingerprint density at radius 2 is 1.51 bits per heavy atom. The van der Waals surface area contributed by atoms with Crippen molar-refractivity contribution in [2.24, 2.45) is 0 Å². The Balaban J connectivity index is 1.48. The first-order valence-electron chi connectivity index (χ1n) is 10.1. The van der Waals surface area contributed by atoms with E-state index in [0.717, 1.165) is 10.6 Å². The number of nitrogens with zero attached hydrogens (tertiary/aromatic N) is 1. The molecular formula is C22H19Cl2N3O6S2. The van der Waals surface area contributed by atoms with Crippen LogP contribution in [0.15, 0.2) is 71.6 Å². The van der Waals surface area contributed by atoms with Crippen LogP contribution < -0.4 is 19.1 Å². The van der Waals surface area contributed by atoms with Crippen molar-refractivity contribution in [3.8, 4) is 5.75 Å². The van der Waals surface area contributed by atoms with E-state index in [-0.39, 0.29) is 22.9 Å². The lowest BCUT2D eigenvalue weighted by Crippen LogP contribution is -2.48. The van der Waals surface area contributed by atoms with Gasteiger partial charge in [0.15, 0.2) is 6.10 Å². The van der Waals surface area contributed by atoms with Crippen molar-refractivity contribution < 1.29 is 26.4 Å². The quantitative estimate of drug-likeness (QED) is 0.474. The number of amides is 1. The van der Waals surface area contributed by atoms with Gasteiger partial charge < -0.3 is 10.1 Å². The van der Waals surface area contributed by atoms with Gasteiger partial charge in [-0.1, -0.05) is 23.2 Å². The Hall–Kier alpha value is -2.99. The minimum absolute atomic E-state index is 0.0200. The largest absolute Gasteiger partial charge is 0.476 e. The Labute approximate surface area is 212 Å². The zero-order valence-electron chi connectivity index (χ0n) is 18.1. The molecule has 1 atom stereocenters. The predicted molar refractivity (Wildman–Crippen MR) is 135 cm³/mol. The number of benzene rings is 3. The molecule has 0 aliphatic carbocycles. The van der Waals surface area contributed by atoms with Gasteiger partial charge in [-0.05, 0) is 66.7 Å². The third-order valence-electron chi connectivity index (χ3n) is 5.01. The van der Waals surface area contributed by atoms with E-state index in [9.17, 15) is 21.6 Å². The Morgan fingerprint density at radius 1 is 0.914 bits per heavy atom. The first kappa shape index (κ1) is 25.1. The topological polar surface area (TPSA) is 122 Å². The maximum Gasteiger partial charge on any atom is 0.267 e. The number of nitrogens with one attached hydrogen (secondary N) is 2. The van der Waals surface area contributed by atoms with E-state index in [1.165, 1.54) is 54.6 Å². The minimum Gasteiger partial charge on any atom is -0.476 e. The molecule has 0 spiro atoms. The molecule has 0 saturated heterocycles. The molecule has 1 aliphatic rings. The highest BCUT2D eigenvalue weighted by Crippen LogP contribution is 2.37. The van der Waals surface area contributed by atoms with Gasteiger partial charge in [-0.15, -0.1) is 0 Å². The van der Waals surface area contributed by atoms with Crippen molar-refractivity contribution in [2.75, 3.05) is 27.1 Å². The maximum atomic E-state index is 12.8. The summed E-state index contributed by atoms with van der Waals surface area (Å²) >= 11 is 11.8. The normalized spacial score (nSPS) is 15.6. The highest BCUT2D eigenvalue weighted by molar-refractivity contribution is 7.92. The molecule has 35 heavy (non-hydrogen) atoms. The molecule has 1 aliphatic heterocycles. The Morgan fingerprint density at radius 3 is 2.14 bits per heavy atom. The molecule has 1 amide bonds. The predicted octanol–water partition coefficient (Wildman–Crippen LogP) is 3.96. The number of rotatable bonds is 6. The lowest BCUT2D eigenvalue weighted by atomic mass is 10.2. The van der Waals surface area contributed by atoms with Crippen LogP contribution in [-0.4, -0.2) is 41.6 Å². The summed E-state index contributed by atoms with van der Waals surface area (Å²) in [5.74, 6) is -0.407. The number of halogens is 2. The number of carbonyl (C=O) groups is 1. The Kier molecular flexibility index (Phi) is 6.87. The third-order valence-corrected chi connectivity index (χ3v) is 8.04. The lowest BCUT2D eigenvalue weighted by molar-refractivity contribution is -0.122. The fourth-order valence-electron chi connectivity index (χ4n) is 3.35. The number of hydrogen-bond acceptors (Lipinski definition) is 6. The molecule has 2 N–H and O–H groups in total. The van der Waals surface area contributed by atoms with Crippen LogP contribution in [-0.2, 0) is 24.8 Å². The van der Waals surface area contributed by atoms with Crippen molar-refractivity contribution in [1.82, 2.24) is 0 Å². The molecule has 0 unspecified atom stereocenters. The summed E-state index contributed by atoms with van der Waals surface area (Å²) in [6.07, 6.45) is -0.122. The first-order valence-corrected chi connectivity index (χ1v) is 14.1. The second-order valence-electron chi connectivity index (χ2n) is 7.64. The van der Waals surface area contributed by atoms with Gasteiger partial charge in [-0.2, -0.15) is 0 Å². The molecule has 1 heterocycles. The number of sulfonamides is 2. The van der Waals surface area contributed by atoms with Crippen LogP contribution in [0.3, 0.4) is 0 Å². The first-order chi connectivity index (χ1) is 16.4. The smallest absolute Gasteiger partial charge is 0.267 e. The van der Waals surface area contributed by atoms with Crippen LogP contribution in [0.2, 0.25) is 10.0 Å². The zero-order chi connectivity index (χ0) is 25.4. The monoisotopic (exact) mass is 555 g/mol. The highest BCUT2D eigenvalue weighted by Gasteiger charge is 2.35. The van der Waals surface area contributed by atoms with Gasteiger partial charge in [0.1, 0.15) is 5.75 Å². The number of ether oxygens (including phenoxy) is 1. The third kappa shape index (κ3) is 5.81. The lowest BCUT2D eigenvalue weighted by Gasteiger charge is -2.34. The number of carbonyl (C=O) groups excluding carboxylic acids is 1. The number of anilines is 3. The van der Waals surface area contributed by atoms with Crippen LogP contribution in [0.25, 0.3) is 0 Å². The summed E-state index contributed by atoms with van der Waals surface area (Å²) in [4.78, 5) is 12.8. The minimum atomic E-state index is -3.87. The summed E-state index contributed by atoms with van der Waals surface area (Å²) in [6, 6.07) is 16.1. The van der Waals surface area contributed by atoms with Crippen molar-refractivity contribution in [1.29, 1.82) is 0 Å². The van der Waals surface area contributed by atoms with Gasteiger partial charge in [0.25, 0.3) is 15.9 Å². The zero-order valence-corrected chi connectivity index (χ0v) is 21.2. The van der Waals surface area contributed by atoms with E-state index < -0.39 is 32.1 Å². The molecule has 13 heteroatoms. The van der Waals surface area contributed by atoms with Gasteiger partial charge in [-0.3, -0.25) is 13.8 Å². The summed E-state index contributed by atoms with van der Waals surface area (Å²) in [6.45, 7) is -0.254. The van der Waals surface area contributed by atoms with E-state index in [1.54, 1.807) is 12.1 Å². The number of hydrogen-bond donors (Lipinski definition) is 2.